The standard InChI is InChI=1S/C17H18N4O2S/c1-20(10-12-8-19-21(2)11-12)17(22)15-9-18-16(24-15)13-4-6-14(23-3)7-5-13/h4-9,11H,10H2,1-3H3. The van der Waals surface area contributed by atoms with Crippen LogP contribution in [0, 0.1) is 0 Å². The fraction of sp³-hybridized carbons (Fsp3) is 0.235. The van der Waals surface area contributed by atoms with E-state index in [4.69, 9.17) is 4.74 Å². The van der Waals surface area contributed by atoms with Crippen LogP contribution in [-0.4, -0.2) is 39.7 Å². The van der Waals surface area contributed by atoms with Crippen LogP contribution in [-0.2, 0) is 13.6 Å². The van der Waals surface area contributed by atoms with Gasteiger partial charge in [0, 0.05) is 38.0 Å². The van der Waals surface area contributed by atoms with Gasteiger partial charge in [0.15, 0.2) is 0 Å². The number of methoxy groups -OCH3 is 1. The summed E-state index contributed by atoms with van der Waals surface area (Å²) in [5.74, 6) is 0.749. The van der Waals surface area contributed by atoms with E-state index in [1.54, 1.807) is 36.1 Å². The Balaban J connectivity index is 1.72. The average molecular weight is 342 g/mol. The number of benzene rings is 1. The van der Waals surface area contributed by atoms with Crippen LogP contribution in [0.2, 0.25) is 0 Å². The largest absolute Gasteiger partial charge is 0.497 e. The molecule has 0 aliphatic rings. The van der Waals surface area contributed by atoms with Gasteiger partial charge in [-0.15, -0.1) is 11.3 Å². The van der Waals surface area contributed by atoms with Crippen molar-refractivity contribution in [2.24, 2.45) is 7.05 Å². The van der Waals surface area contributed by atoms with Crippen molar-refractivity contribution in [3.05, 3.63) is 53.3 Å². The van der Waals surface area contributed by atoms with Gasteiger partial charge >= 0.3 is 0 Å². The van der Waals surface area contributed by atoms with E-state index in [2.05, 4.69) is 10.1 Å². The number of aryl methyl sites for hydroxylation is 1. The van der Waals surface area contributed by atoms with E-state index >= 15 is 0 Å². The monoisotopic (exact) mass is 342 g/mol. The smallest absolute Gasteiger partial charge is 0.265 e. The van der Waals surface area contributed by atoms with E-state index in [0.717, 1.165) is 21.9 Å². The van der Waals surface area contributed by atoms with Crippen molar-refractivity contribution >= 4 is 17.2 Å². The van der Waals surface area contributed by atoms with Crippen LogP contribution >= 0.6 is 11.3 Å². The molecule has 0 radical (unpaired) electrons. The molecule has 2 heterocycles. The summed E-state index contributed by atoms with van der Waals surface area (Å²) < 4.78 is 6.88. The van der Waals surface area contributed by atoms with Gasteiger partial charge in [-0.1, -0.05) is 0 Å². The predicted octanol–water partition coefficient (Wildman–Crippen LogP) is 2.82. The van der Waals surface area contributed by atoms with Crippen molar-refractivity contribution in [2.45, 2.75) is 6.54 Å². The third-order valence-electron chi connectivity index (χ3n) is 3.58. The second-order valence-electron chi connectivity index (χ2n) is 5.44. The Labute approximate surface area is 144 Å². The van der Waals surface area contributed by atoms with Gasteiger partial charge in [0.05, 0.1) is 19.5 Å². The maximum Gasteiger partial charge on any atom is 0.265 e. The number of hydrogen-bond donors (Lipinski definition) is 0. The van der Waals surface area contributed by atoms with Crippen molar-refractivity contribution in [3.8, 4) is 16.3 Å². The minimum Gasteiger partial charge on any atom is -0.497 e. The van der Waals surface area contributed by atoms with Gasteiger partial charge in [-0.2, -0.15) is 5.10 Å². The van der Waals surface area contributed by atoms with Gasteiger partial charge in [-0.25, -0.2) is 4.98 Å². The summed E-state index contributed by atoms with van der Waals surface area (Å²) in [5.41, 5.74) is 1.96. The molecule has 0 spiro atoms. The van der Waals surface area contributed by atoms with Crippen molar-refractivity contribution in [2.75, 3.05) is 14.2 Å². The molecule has 1 aromatic carbocycles. The van der Waals surface area contributed by atoms with Crippen LogP contribution in [0.1, 0.15) is 15.2 Å². The average Bonchev–Trinajstić information content (AvgIpc) is 3.23. The van der Waals surface area contributed by atoms with E-state index in [-0.39, 0.29) is 5.91 Å². The minimum atomic E-state index is -0.0453. The van der Waals surface area contributed by atoms with Crippen LogP contribution in [0.15, 0.2) is 42.9 Å². The quantitative estimate of drug-likeness (QED) is 0.715. The Morgan fingerprint density at radius 3 is 2.67 bits per heavy atom. The summed E-state index contributed by atoms with van der Waals surface area (Å²) in [5, 5.41) is 4.93. The highest BCUT2D eigenvalue weighted by Crippen LogP contribution is 2.27. The van der Waals surface area contributed by atoms with E-state index in [9.17, 15) is 4.79 Å². The van der Waals surface area contributed by atoms with Crippen LogP contribution in [0.25, 0.3) is 10.6 Å². The van der Waals surface area contributed by atoms with Crippen molar-refractivity contribution in [3.63, 3.8) is 0 Å². The van der Waals surface area contributed by atoms with Gasteiger partial charge in [0.25, 0.3) is 5.91 Å². The Hall–Kier alpha value is -2.67. The van der Waals surface area contributed by atoms with E-state index < -0.39 is 0 Å². The van der Waals surface area contributed by atoms with Gasteiger partial charge in [-0.05, 0) is 24.3 Å². The number of carbonyl (C=O) groups excluding carboxylic acids is 1. The second kappa shape index (κ2) is 6.84. The maximum absolute atomic E-state index is 12.6. The Morgan fingerprint density at radius 2 is 2.04 bits per heavy atom. The van der Waals surface area contributed by atoms with E-state index in [1.807, 2.05) is 37.5 Å². The number of thiazole rings is 1. The molecule has 0 unspecified atom stereocenters. The number of ether oxygens (including phenoxy) is 1. The molecule has 0 saturated carbocycles. The van der Waals surface area contributed by atoms with Crippen molar-refractivity contribution in [1.29, 1.82) is 0 Å². The first-order chi connectivity index (χ1) is 11.6. The highest BCUT2D eigenvalue weighted by molar-refractivity contribution is 7.16. The fourth-order valence-corrected chi connectivity index (χ4v) is 3.24. The molecule has 2 aromatic heterocycles. The number of aromatic nitrogens is 3. The first kappa shape index (κ1) is 16.2. The zero-order valence-electron chi connectivity index (χ0n) is 13.8. The first-order valence-electron chi connectivity index (χ1n) is 7.40. The minimum absolute atomic E-state index is 0.0453. The summed E-state index contributed by atoms with van der Waals surface area (Å²) in [6.45, 7) is 0.516. The normalized spacial score (nSPS) is 10.6. The first-order valence-corrected chi connectivity index (χ1v) is 8.21. The molecule has 124 valence electrons. The lowest BCUT2D eigenvalue weighted by Crippen LogP contribution is -2.25. The van der Waals surface area contributed by atoms with Crippen LogP contribution in [0.4, 0.5) is 0 Å². The molecule has 0 bridgehead atoms. The Morgan fingerprint density at radius 1 is 1.29 bits per heavy atom. The summed E-state index contributed by atoms with van der Waals surface area (Å²) in [6, 6.07) is 7.63. The zero-order valence-corrected chi connectivity index (χ0v) is 14.6. The van der Waals surface area contributed by atoms with Gasteiger partial charge in [0.1, 0.15) is 15.6 Å². The van der Waals surface area contributed by atoms with Crippen molar-refractivity contribution < 1.29 is 9.53 Å². The van der Waals surface area contributed by atoms with Gasteiger partial charge in [0.2, 0.25) is 0 Å². The number of carbonyl (C=O) groups is 1. The molecular weight excluding hydrogens is 324 g/mol. The Bertz CT molecular complexity index is 838. The topological polar surface area (TPSA) is 60.2 Å². The third-order valence-corrected chi connectivity index (χ3v) is 4.61. The molecule has 0 saturated heterocycles. The molecular formula is C17H18N4O2S. The van der Waals surface area contributed by atoms with Crippen molar-refractivity contribution in [1.82, 2.24) is 19.7 Å². The molecule has 3 aromatic rings. The molecule has 1 amide bonds. The molecule has 24 heavy (non-hydrogen) atoms. The van der Waals surface area contributed by atoms with Crippen LogP contribution in [0.3, 0.4) is 0 Å². The number of hydrogen-bond acceptors (Lipinski definition) is 5. The summed E-state index contributed by atoms with van der Waals surface area (Å²) >= 11 is 1.39. The molecule has 7 heteroatoms. The highest BCUT2D eigenvalue weighted by Gasteiger charge is 2.16. The zero-order chi connectivity index (χ0) is 17.1. The van der Waals surface area contributed by atoms with E-state index in [0.29, 0.717) is 11.4 Å². The van der Waals surface area contributed by atoms with Crippen LogP contribution in [0.5, 0.6) is 5.75 Å². The molecule has 0 aliphatic heterocycles. The second-order valence-corrected chi connectivity index (χ2v) is 6.47. The van der Waals surface area contributed by atoms with E-state index in [1.165, 1.54) is 11.3 Å². The SMILES string of the molecule is COc1ccc(-c2ncc(C(=O)N(C)Cc3cnn(C)c3)s2)cc1. The van der Waals surface area contributed by atoms with Gasteiger partial charge < -0.3 is 9.64 Å². The number of nitrogens with zero attached hydrogens (tertiary/aromatic N) is 4. The third kappa shape index (κ3) is 3.46. The molecule has 6 nitrogen and oxygen atoms in total. The lowest BCUT2D eigenvalue weighted by atomic mass is 10.2. The Kier molecular flexibility index (Phi) is 4.61. The fourth-order valence-electron chi connectivity index (χ4n) is 2.33. The summed E-state index contributed by atoms with van der Waals surface area (Å²) in [6.07, 6.45) is 5.30. The number of rotatable bonds is 5. The number of amides is 1. The van der Waals surface area contributed by atoms with Crippen LogP contribution < -0.4 is 4.74 Å². The molecule has 0 atom stereocenters. The predicted molar refractivity (Wildman–Crippen MR) is 93.1 cm³/mol. The molecule has 3 rings (SSSR count). The molecule has 0 N–H and O–H groups in total. The maximum atomic E-state index is 12.6. The lowest BCUT2D eigenvalue weighted by molar-refractivity contribution is 0.0789. The molecule has 0 fully saturated rings. The lowest BCUT2D eigenvalue weighted by Gasteiger charge is -2.14. The van der Waals surface area contributed by atoms with Gasteiger partial charge in [-0.3, -0.25) is 9.48 Å². The highest BCUT2D eigenvalue weighted by atomic mass is 32.1. The summed E-state index contributed by atoms with van der Waals surface area (Å²) in [4.78, 5) is 19.2. The summed E-state index contributed by atoms with van der Waals surface area (Å²) in [7, 11) is 5.27. The molecule has 0 aliphatic carbocycles.